The number of carbonyl (C=O) groups is 1. The van der Waals surface area contributed by atoms with Crippen molar-refractivity contribution in [3.8, 4) is 0 Å². The zero-order chi connectivity index (χ0) is 16.0. The molecule has 0 aliphatic heterocycles. The fourth-order valence-corrected chi connectivity index (χ4v) is 1.45. The van der Waals surface area contributed by atoms with Gasteiger partial charge in [-0.15, -0.1) is 0 Å². The molecule has 0 spiro atoms. The third kappa shape index (κ3) is 5.49. The minimum atomic E-state index is -4.46. The Morgan fingerprint density at radius 1 is 1.24 bits per heavy atom. The number of likely N-dealkylation sites (N-methyl/N-ethyl adjacent to an activating group) is 1. The summed E-state index contributed by atoms with van der Waals surface area (Å²) in [6.07, 6.45) is -3.70. The molecule has 0 atom stereocenters. The number of nitrogens with zero attached hydrogens (tertiary/aromatic N) is 2. The van der Waals surface area contributed by atoms with E-state index in [1.165, 1.54) is 4.90 Å². The third-order valence-corrected chi connectivity index (χ3v) is 2.63. The number of halogens is 3. The summed E-state index contributed by atoms with van der Waals surface area (Å²) in [6.45, 7) is 2.30. The molecule has 0 fully saturated rings. The number of pyridine rings is 1. The normalized spacial score (nSPS) is 11.1. The van der Waals surface area contributed by atoms with E-state index < -0.39 is 11.7 Å². The largest absolute Gasteiger partial charge is 0.416 e. The van der Waals surface area contributed by atoms with Crippen LogP contribution in [0.25, 0.3) is 0 Å². The second-order valence-electron chi connectivity index (χ2n) is 4.69. The number of rotatable bonds is 6. The number of hydrogen-bond donors (Lipinski definition) is 2. The molecule has 0 saturated heterocycles. The van der Waals surface area contributed by atoms with Crippen molar-refractivity contribution in [1.29, 1.82) is 0 Å². The average Bonchev–Trinajstić information content (AvgIpc) is 2.41. The van der Waals surface area contributed by atoms with Gasteiger partial charge in [-0.25, -0.2) is 4.98 Å². The molecule has 0 saturated carbocycles. The van der Waals surface area contributed by atoms with Gasteiger partial charge in [-0.1, -0.05) is 6.92 Å². The van der Waals surface area contributed by atoms with Crippen LogP contribution in [0.4, 0.5) is 24.8 Å². The molecule has 0 aliphatic rings. The monoisotopic (exact) mass is 304 g/mol. The number of aromatic nitrogens is 1. The van der Waals surface area contributed by atoms with Crippen LogP contribution in [0.15, 0.2) is 12.1 Å². The summed E-state index contributed by atoms with van der Waals surface area (Å²) >= 11 is 0. The summed E-state index contributed by atoms with van der Waals surface area (Å²) in [6, 6.07) is 1.84. The van der Waals surface area contributed by atoms with Gasteiger partial charge in [0.05, 0.1) is 12.1 Å². The molecule has 0 radical (unpaired) electrons. The lowest BCUT2D eigenvalue weighted by Crippen LogP contribution is -2.29. The molecule has 0 aliphatic carbocycles. The lowest BCUT2D eigenvalue weighted by Gasteiger charge is -2.15. The molecule has 21 heavy (non-hydrogen) atoms. The predicted molar refractivity (Wildman–Crippen MR) is 75.2 cm³/mol. The van der Waals surface area contributed by atoms with Crippen LogP contribution < -0.4 is 10.6 Å². The molecule has 0 unspecified atom stereocenters. The second kappa shape index (κ2) is 7.14. The van der Waals surface area contributed by atoms with E-state index in [0.29, 0.717) is 6.54 Å². The topological polar surface area (TPSA) is 57.3 Å². The van der Waals surface area contributed by atoms with Crippen LogP contribution in [-0.2, 0) is 11.0 Å². The number of anilines is 2. The second-order valence-corrected chi connectivity index (χ2v) is 4.69. The van der Waals surface area contributed by atoms with Crippen LogP contribution in [0.3, 0.4) is 0 Å². The molecule has 0 aromatic carbocycles. The molecule has 2 N–H and O–H groups in total. The Bertz CT molecular complexity index is 489. The van der Waals surface area contributed by atoms with E-state index in [-0.39, 0.29) is 24.1 Å². The molecule has 1 rings (SSSR count). The van der Waals surface area contributed by atoms with Crippen LogP contribution in [-0.4, -0.2) is 43.0 Å². The van der Waals surface area contributed by atoms with E-state index in [2.05, 4.69) is 15.6 Å². The van der Waals surface area contributed by atoms with Gasteiger partial charge in [-0.2, -0.15) is 13.2 Å². The highest BCUT2D eigenvalue weighted by Gasteiger charge is 2.31. The van der Waals surface area contributed by atoms with Gasteiger partial charge in [-0.3, -0.25) is 4.79 Å². The van der Waals surface area contributed by atoms with Crippen molar-refractivity contribution in [2.24, 2.45) is 0 Å². The average molecular weight is 304 g/mol. The van der Waals surface area contributed by atoms with Gasteiger partial charge in [0.1, 0.15) is 11.6 Å². The van der Waals surface area contributed by atoms with Gasteiger partial charge in [0, 0.05) is 20.6 Å². The minimum Gasteiger partial charge on any atom is -0.370 e. The zero-order valence-corrected chi connectivity index (χ0v) is 12.2. The van der Waals surface area contributed by atoms with Crippen molar-refractivity contribution in [3.63, 3.8) is 0 Å². The van der Waals surface area contributed by atoms with Gasteiger partial charge in [0.25, 0.3) is 0 Å². The fourth-order valence-electron chi connectivity index (χ4n) is 1.45. The van der Waals surface area contributed by atoms with E-state index in [1.54, 1.807) is 14.1 Å². The number of nitrogens with one attached hydrogen (secondary N) is 2. The summed E-state index contributed by atoms with van der Waals surface area (Å²) < 4.78 is 38.5. The summed E-state index contributed by atoms with van der Waals surface area (Å²) in [7, 11) is 3.13. The first-order chi connectivity index (χ1) is 9.74. The molecule has 8 heteroatoms. The molecule has 1 aromatic rings. The van der Waals surface area contributed by atoms with Crippen molar-refractivity contribution >= 4 is 17.5 Å². The highest BCUT2D eigenvalue weighted by molar-refractivity contribution is 5.80. The highest BCUT2D eigenvalue weighted by atomic mass is 19.4. The maximum atomic E-state index is 12.8. The number of amides is 1. The maximum absolute atomic E-state index is 12.8. The Balaban J connectivity index is 2.93. The Morgan fingerprint density at radius 2 is 1.81 bits per heavy atom. The predicted octanol–water partition coefficient (Wildman–Crippen LogP) is 2.42. The molecule has 0 bridgehead atoms. The Morgan fingerprint density at radius 3 is 2.29 bits per heavy atom. The Kier molecular flexibility index (Phi) is 5.80. The van der Waals surface area contributed by atoms with Crippen molar-refractivity contribution < 1.29 is 18.0 Å². The van der Waals surface area contributed by atoms with Crippen LogP contribution in [0, 0.1) is 0 Å². The molecule has 1 heterocycles. The molecule has 1 amide bonds. The first-order valence-corrected chi connectivity index (χ1v) is 6.51. The molecule has 118 valence electrons. The molecular formula is C13H19F3N4O. The Hall–Kier alpha value is -1.99. The molecule has 5 nitrogen and oxygen atoms in total. The Labute approximate surface area is 121 Å². The van der Waals surface area contributed by atoms with E-state index in [9.17, 15) is 18.0 Å². The van der Waals surface area contributed by atoms with Crippen LogP contribution in [0.2, 0.25) is 0 Å². The number of carbonyl (C=O) groups excluding carboxylic acids is 1. The smallest absolute Gasteiger partial charge is 0.370 e. The first kappa shape index (κ1) is 17.1. The number of hydrogen-bond acceptors (Lipinski definition) is 4. The third-order valence-electron chi connectivity index (χ3n) is 2.63. The van der Waals surface area contributed by atoms with Gasteiger partial charge in [0.15, 0.2) is 0 Å². The maximum Gasteiger partial charge on any atom is 0.416 e. The lowest BCUT2D eigenvalue weighted by atomic mass is 10.2. The van der Waals surface area contributed by atoms with Crippen molar-refractivity contribution in [3.05, 3.63) is 17.7 Å². The zero-order valence-electron chi connectivity index (χ0n) is 12.2. The van der Waals surface area contributed by atoms with Crippen molar-refractivity contribution in [1.82, 2.24) is 9.88 Å². The standard InChI is InChI=1S/C13H19F3N4O/c1-4-5-17-10-6-9(13(14,15)16)7-11(19-10)18-8-12(21)20(2)3/h6-7H,4-5,8H2,1-3H3,(H2,17,18,19). The van der Waals surface area contributed by atoms with Crippen LogP contribution in [0.1, 0.15) is 18.9 Å². The minimum absolute atomic E-state index is 0.0126. The quantitative estimate of drug-likeness (QED) is 0.847. The van der Waals surface area contributed by atoms with Gasteiger partial charge < -0.3 is 15.5 Å². The fraction of sp³-hybridized carbons (Fsp3) is 0.538. The summed E-state index contributed by atoms with van der Waals surface area (Å²) in [5, 5.41) is 5.42. The molecular weight excluding hydrogens is 285 g/mol. The van der Waals surface area contributed by atoms with E-state index in [0.717, 1.165) is 18.6 Å². The van der Waals surface area contributed by atoms with Crippen LogP contribution in [0.5, 0.6) is 0 Å². The van der Waals surface area contributed by atoms with Crippen molar-refractivity contribution in [2.45, 2.75) is 19.5 Å². The first-order valence-electron chi connectivity index (χ1n) is 6.51. The summed E-state index contributed by atoms with van der Waals surface area (Å²) in [4.78, 5) is 16.8. The van der Waals surface area contributed by atoms with E-state index in [1.807, 2.05) is 6.92 Å². The van der Waals surface area contributed by atoms with Crippen LogP contribution >= 0.6 is 0 Å². The summed E-state index contributed by atoms with van der Waals surface area (Å²) in [5.74, 6) is -0.109. The number of alkyl halides is 3. The van der Waals surface area contributed by atoms with E-state index >= 15 is 0 Å². The SMILES string of the molecule is CCCNc1cc(C(F)(F)F)cc(NCC(=O)N(C)C)n1. The lowest BCUT2D eigenvalue weighted by molar-refractivity contribution is -0.137. The van der Waals surface area contributed by atoms with Gasteiger partial charge >= 0.3 is 6.18 Å². The summed E-state index contributed by atoms with van der Waals surface area (Å²) in [5.41, 5.74) is -0.809. The van der Waals surface area contributed by atoms with Gasteiger partial charge in [-0.05, 0) is 18.6 Å². The molecule has 1 aromatic heterocycles. The van der Waals surface area contributed by atoms with Crippen molar-refractivity contribution in [2.75, 3.05) is 37.8 Å². The van der Waals surface area contributed by atoms with E-state index in [4.69, 9.17) is 0 Å². The van der Waals surface area contributed by atoms with Gasteiger partial charge in [0.2, 0.25) is 5.91 Å². The highest BCUT2D eigenvalue weighted by Crippen LogP contribution is 2.32.